The molecule has 1 N–H and O–H groups in total. The summed E-state index contributed by atoms with van der Waals surface area (Å²) in [5.74, 6) is 2.03. The lowest BCUT2D eigenvalue weighted by Gasteiger charge is -2.09. The van der Waals surface area contributed by atoms with Gasteiger partial charge in [-0.15, -0.1) is 0 Å². The summed E-state index contributed by atoms with van der Waals surface area (Å²) < 4.78 is 5.18. The van der Waals surface area contributed by atoms with Crippen LogP contribution < -0.4 is 10.1 Å². The molecule has 0 aromatic heterocycles. The van der Waals surface area contributed by atoms with Crippen LogP contribution in [0.1, 0.15) is 15.9 Å². The first-order valence-corrected chi connectivity index (χ1v) is 8.95. The van der Waals surface area contributed by atoms with Gasteiger partial charge in [-0.25, -0.2) is 0 Å². The number of amides is 1. The van der Waals surface area contributed by atoms with E-state index in [0.29, 0.717) is 22.9 Å². The first-order chi connectivity index (χ1) is 11.1. The molecule has 0 unspecified atom stereocenters. The van der Waals surface area contributed by atoms with Crippen molar-refractivity contribution in [2.24, 2.45) is 0 Å². The van der Waals surface area contributed by atoms with Crippen molar-refractivity contribution in [2.45, 2.75) is 5.75 Å². The quantitative estimate of drug-likeness (QED) is 0.720. The van der Waals surface area contributed by atoms with E-state index in [1.54, 1.807) is 30.0 Å². The molecule has 0 saturated heterocycles. The maximum Gasteiger partial charge on any atom is 0.255 e. The molecule has 23 heavy (non-hydrogen) atoms. The summed E-state index contributed by atoms with van der Waals surface area (Å²) >= 11 is 13.5. The van der Waals surface area contributed by atoms with E-state index in [4.69, 9.17) is 27.9 Å². The second kappa shape index (κ2) is 9.06. The molecule has 3 nitrogen and oxygen atoms in total. The molecule has 2 aromatic carbocycles. The van der Waals surface area contributed by atoms with Crippen molar-refractivity contribution >= 4 is 40.9 Å². The first-order valence-electron chi connectivity index (χ1n) is 7.04. The van der Waals surface area contributed by atoms with Crippen LogP contribution >= 0.6 is 35.0 Å². The van der Waals surface area contributed by atoms with E-state index in [-0.39, 0.29) is 5.91 Å². The Morgan fingerprint density at radius 2 is 1.83 bits per heavy atom. The Balaban J connectivity index is 1.77. The second-order valence-electron chi connectivity index (χ2n) is 4.78. The third-order valence-electron chi connectivity index (χ3n) is 3.12. The maximum atomic E-state index is 12.2. The normalized spacial score (nSPS) is 10.4. The molecule has 0 heterocycles. The molecule has 0 aliphatic carbocycles. The van der Waals surface area contributed by atoms with Gasteiger partial charge in [-0.3, -0.25) is 4.79 Å². The minimum atomic E-state index is -0.184. The summed E-state index contributed by atoms with van der Waals surface area (Å²) in [4.78, 5) is 12.2. The van der Waals surface area contributed by atoms with Gasteiger partial charge in [-0.1, -0.05) is 35.3 Å². The Bertz CT molecular complexity index is 662. The van der Waals surface area contributed by atoms with E-state index in [1.807, 2.05) is 24.3 Å². The molecule has 0 saturated carbocycles. The number of ether oxygens (including phenoxy) is 1. The van der Waals surface area contributed by atoms with Gasteiger partial charge in [0.05, 0.1) is 12.7 Å². The van der Waals surface area contributed by atoms with Crippen molar-refractivity contribution in [2.75, 3.05) is 19.4 Å². The van der Waals surface area contributed by atoms with Crippen LogP contribution in [0.2, 0.25) is 10.0 Å². The van der Waals surface area contributed by atoms with Crippen LogP contribution in [0.15, 0.2) is 42.5 Å². The lowest BCUT2D eigenvalue weighted by atomic mass is 10.2. The average molecular weight is 370 g/mol. The van der Waals surface area contributed by atoms with Gasteiger partial charge >= 0.3 is 0 Å². The lowest BCUT2D eigenvalue weighted by Crippen LogP contribution is -2.26. The van der Waals surface area contributed by atoms with Crippen molar-refractivity contribution < 1.29 is 9.53 Å². The van der Waals surface area contributed by atoms with Crippen molar-refractivity contribution in [3.8, 4) is 5.75 Å². The lowest BCUT2D eigenvalue weighted by molar-refractivity contribution is 0.0953. The molecule has 0 radical (unpaired) electrons. The van der Waals surface area contributed by atoms with Crippen molar-refractivity contribution in [1.82, 2.24) is 5.32 Å². The number of benzene rings is 2. The number of halogens is 2. The summed E-state index contributed by atoms with van der Waals surface area (Å²) in [5, 5.41) is 4.12. The zero-order valence-electron chi connectivity index (χ0n) is 12.6. The Morgan fingerprint density at radius 3 is 2.52 bits per heavy atom. The zero-order valence-corrected chi connectivity index (χ0v) is 15.0. The SMILES string of the molecule is COc1ccc(Cl)cc1C(=O)NCCSCc1ccc(Cl)cc1. The fraction of sp³-hybridized carbons (Fsp3) is 0.235. The Labute approximate surface area is 150 Å². The molecule has 122 valence electrons. The first kappa shape index (κ1) is 18.0. The van der Waals surface area contributed by atoms with Crippen molar-refractivity contribution in [3.05, 3.63) is 63.6 Å². The molecular formula is C17H17Cl2NO2S. The van der Waals surface area contributed by atoms with E-state index < -0.39 is 0 Å². The molecule has 0 bridgehead atoms. The highest BCUT2D eigenvalue weighted by atomic mass is 35.5. The topological polar surface area (TPSA) is 38.3 Å². The number of hydrogen-bond donors (Lipinski definition) is 1. The molecule has 0 fully saturated rings. The van der Waals surface area contributed by atoms with Crippen LogP contribution in [0.4, 0.5) is 0 Å². The van der Waals surface area contributed by atoms with Gasteiger partial charge in [-0.05, 0) is 35.9 Å². The number of nitrogens with one attached hydrogen (secondary N) is 1. The Kier molecular flexibility index (Phi) is 7.09. The van der Waals surface area contributed by atoms with Gasteiger partial charge in [0, 0.05) is 28.1 Å². The minimum Gasteiger partial charge on any atom is -0.496 e. The van der Waals surface area contributed by atoms with Crippen molar-refractivity contribution in [3.63, 3.8) is 0 Å². The molecule has 0 atom stereocenters. The van der Waals surface area contributed by atoms with Gasteiger partial charge in [0.1, 0.15) is 5.75 Å². The van der Waals surface area contributed by atoms with Gasteiger partial charge in [0.25, 0.3) is 5.91 Å². The van der Waals surface area contributed by atoms with E-state index in [2.05, 4.69) is 5.32 Å². The highest BCUT2D eigenvalue weighted by molar-refractivity contribution is 7.98. The van der Waals surface area contributed by atoms with E-state index in [1.165, 1.54) is 12.7 Å². The molecule has 6 heteroatoms. The smallest absolute Gasteiger partial charge is 0.255 e. The van der Waals surface area contributed by atoms with Crippen LogP contribution in [0.5, 0.6) is 5.75 Å². The molecular weight excluding hydrogens is 353 g/mol. The monoisotopic (exact) mass is 369 g/mol. The summed E-state index contributed by atoms with van der Waals surface area (Å²) in [6.45, 7) is 0.576. The highest BCUT2D eigenvalue weighted by Crippen LogP contribution is 2.22. The van der Waals surface area contributed by atoms with Crippen molar-refractivity contribution in [1.29, 1.82) is 0 Å². The number of thioether (sulfide) groups is 1. The van der Waals surface area contributed by atoms with Crippen LogP contribution in [0.3, 0.4) is 0 Å². The maximum absolute atomic E-state index is 12.2. The van der Waals surface area contributed by atoms with Gasteiger partial charge in [0.15, 0.2) is 0 Å². The third-order valence-corrected chi connectivity index (χ3v) is 4.64. The zero-order chi connectivity index (χ0) is 16.7. The highest BCUT2D eigenvalue weighted by Gasteiger charge is 2.12. The molecule has 2 aromatic rings. The van der Waals surface area contributed by atoms with Gasteiger partial charge in [-0.2, -0.15) is 11.8 Å². The summed E-state index contributed by atoms with van der Waals surface area (Å²) in [6, 6.07) is 12.8. The van der Waals surface area contributed by atoms with E-state index in [9.17, 15) is 4.79 Å². The summed E-state index contributed by atoms with van der Waals surface area (Å²) in [5.41, 5.74) is 1.66. The number of carbonyl (C=O) groups is 1. The molecule has 0 aliphatic rings. The van der Waals surface area contributed by atoms with Crippen LogP contribution in [0, 0.1) is 0 Å². The molecule has 0 aliphatic heterocycles. The predicted molar refractivity (Wildman–Crippen MR) is 98.0 cm³/mol. The minimum absolute atomic E-state index is 0.184. The fourth-order valence-electron chi connectivity index (χ4n) is 1.96. The average Bonchev–Trinajstić information content (AvgIpc) is 2.56. The molecule has 1 amide bonds. The van der Waals surface area contributed by atoms with Crippen LogP contribution in [-0.2, 0) is 5.75 Å². The fourth-order valence-corrected chi connectivity index (χ4v) is 3.08. The van der Waals surface area contributed by atoms with Gasteiger partial charge in [0.2, 0.25) is 0 Å². The standard InChI is InChI=1S/C17H17Cl2NO2S/c1-22-16-7-6-14(19)10-15(16)17(21)20-8-9-23-11-12-2-4-13(18)5-3-12/h2-7,10H,8-9,11H2,1H3,(H,20,21). The molecule has 0 spiro atoms. The predicted octanol–water partition coefficient (Wildman–Crippen LogP) is 4.67. The van der Waals surface area contributed by atoms with Gasteiger partial charge < -0.3 is 10.1 Å². The number of rotatable bonds is 7. The molecule has 2 rings (SSSR count). The second-order valence-corrected chi connectivity index (χ2v) is 6.76. The number of hydrogen-bond acceptors (Lipinski definition) is 3. The van der Waals surface area contributed by atoms with E-state index >= 15 is 0 Å². The third kappa shape index (κ3) is 5.65. The Morgan fingerprint density at radius 1 is 1.13 bits per heavy atom. The largest absolute Gasteiger partial charge is 0.496 e. The van der Waals surface area contributed by atoms with Crippen LogP contribution in [0.25, 0.3) is 0 Å². The number of methoxy groups -OCH3 is 1. The number of carbonyl (C=O) groups excluding carboxylic acids is 1. The summed E-state index contributed by atoms with van der Waals surface area (Å²) in [6.07, 6.45) is 0. The summed E-state index contributed by atoms with van der Waals surface area (Å²) in [7, 11) is 1.53. The van der Waals surface area contributed by atoms with E-state index in [0.717, 1.165) is 16.5 Å². The Hall–Kier alpha value is -1.36. The van der Waals surface area contributed by atoms with Crippen LogP contribution in [-0.4, -0.2) is 25.3 Å².